The Morgan fingerprint density at radius 1 is 1.55 bits per heavy atom. The number of hydrogen-bond acceptors (Lipinski definition) is 5. The summed E-state index contributed by atoms with van der Waals surface area (Å²) in [7, 11) is 0. The number of nitrogens with zero attached hydrogens (tertiary/aromatic N) is 2. The number of aromatic nitrogens is 1. The molecule has 1 unspecified atom stereocenters. The molecular formula is C13H17N3O3S. The number of carbonyl (C=O) groups excluding carboxylic acids is 2. The maximum atomic E-state index is 12.3. The summed E-state index contributed by atoms with van der Waals surface area (Å²) in [6.45, 7) is 2.49. The summed E-state index contributed by atoms with van der Waals surface area (Å²) < 4.78 is 4.99. The smallest absolute Gasteiger partial charge is 0.293 e. The summed E-state index contributed by atoms with van der Waals surface area (Å²) in [6, 6.07) is 1.20. The van der Waals surface area contributed by atoms with E-state index in [0.717, 1.165) is 6.54 Å². The average Bonchev–Trinajstić information content (AvgIpc) is 2.96. The Hall–Kier alpha value is -1.50. The van der Waals surface area contributed by atoms with Gasteiger partial charge in [0.15, 0.2) is 0 Å². The zero-order valence-corrected chi connectivity index (χ0v) is 12.1. The molecule has 1 atom stereocenters. The van der Waals surface area contributed by atoms with Crippen molar-refractivity contribution in [1.29, 1.82) is 0 Å². The highest BCUT2D eigenvalue weighted by atomic mass is 32.2. The zero-order valence-electron chi connectivity index (χ0n) is 11.3. The maximum Gasteiger partial charge on any atom is 0.293 e. The molecule has 7 heteroatoms. The van der Waals surface area contributed by atoms with Gasteiger partial charge in [-0.2, -0.15) is 0 Å². The lowest BCUT2D eigenvalue weighted by molar-refractivity contribution is -0.124. The van der Waals surface area contributed by atoms with Gasteiger partial charge in [-0.1, -0.05) is 5.16 Å². The minimum atomic E-state index is -0.406. The van der Waals surface area contributed by atoms with E-state index in [1.165, 1.54) is 12.8 Å². The monoisotopic (exact) mass is 295 g/mol. The van der Waals surface area contributed by atoms with E-state index < -0.39 is 6.04 Å². The van der Waals surface area contributed by atoms with Crippen LogP contribution in [0.4, 0.5) is 0 Å². The molecule has 20 heavy (non-hydrogen) atoms. The van der Waals surface area contributed by atoms with E-state index in [1.54, 1.807) is 29.7 Å². The largest absolute Gasteiger partial charge is 0.354 e. The average molecular weight is 295 g/mol. The summed E-state index contributed by atoms with van der Waals surface area (Å²) in [5.41, 5.74) is 0.662. The van der Waals surface area contributed by atoms with Crippen molar-refractivity contribution < 1.29 is 14.1 Å². The van der Waals surface area contributed by atoms with E-state index in [1.807, 2.05) is 0 Å². The Morgan fingerprint density at radius 2 is 2.35 bits per heavy atom. The molecule has 2 heterocycles. The fraction of sp³-hybridized carbons (Fsp3) is 0.615. The molecule has 2 fully saturated rings. The molecule has 0 bridgehead atoms. The van der Waals surface area contributed by atoms with Crippen molar-refractivity contribution in [2.45, 2.75) is 25.8 Å². The number of carbonyl (C=O) groups is 2. The summed E-state index contributed by atoms with van der Waals surface area (Å²) in [6.07, 6.45) is 2.39. The molecule has 1 aromatic rings. The second-order valence-corrected chi connectivity index (χ2v) is 6.31. The molecule has 1 saturated heterocycles. The van der Waals surface area contributed by atoms with Crippen LogP contribution in [0.1, 0.15) is 29.1 Å². The predicted molar refractivity (Wildman–Crippen MR) is 74.3 cm³/mol. The number of aryl methyl sites for hydroxylation is 1. The summed E-state index contributed by atoms with van der Waals surface area (Å²) in [5.74, 6) is 1.66. The van der Waals surface area contributed by atoms with Gasteiger partial charge >= 0.3 is 0 Å². The second kappa shape index (κ2) is 5.47. The van der Waals surface area contributed by atoms with Crippen LogP contribution in [0.15, 0.2) is 10.6 Å². The van der Waals surface area contributed by atoms with E-state index in [4.69, 9.17) is 4.52 Å². The molecule has 1 N–H and O–H groups in total. The van der Waals surface area contributed by atoms with E-state index >= 15 is 0 Å². The van der Waals surface area contributed by atoms with Gasteiger partial charge in [0, 0.05) is 18.4 Å². The third-order valence-electron chi connectivity index (χ3n) is 3.55. The van der Waals surface area contributed by atoms with Crippen LogP contribution >= 0.6 is 11.8 Å². The first-order chi connectivity index (χ1) is 9.65. The third-order valence-corrected chi connectivity index (χ3v) is 4.56. The Kier molecular flexibility index (Phi) is 3.69. The molecule has 1 aliphatic carbocycles. The molecule has 0 radical (unpaired) electrons. The highest BCUT2D eigenvalue weighted by Gasteiger charge is 2.37. The number of nitrogens with one attached hydrogen (secondary N) is 1. The Labute approximate surface area is 121 Å². The molecule has 6 nitrogen and oxygen atoms in total. The van der Waals surface area contributed by atoms with Gasteiger partial charge in [-0.15, -0.1) is 11.8 Å². The van der Waals surface area contributed by atoms with Gasteiger partial charge in [-0.05, 0) is 25.7 Å². The number of rotatable bonds is 4. The van der Waals surface area contributed by atoms with Crippen LogP contribution in [0.3, 0.4) is 0 Å². The number of amides is 2. The highest BCUT2D eigenvalue weighted by Crippen LogP contribution is 2.28. The zero-order chi connectivity index (χ0) is 14.1. The Morgan fingerprint density at radius 3 is 3.00 bits per heavy atom. The lowest BCUT2D eigenvalue weighted by Gasteiger charge is -2.21. The molecule has 108 valence electrons. The summed E-state index contributed by atoms with van der Waals surface area (Å²) in [4.78, 5) is 26.1. The molecule has 0 spiro atoms. The SMILES string of the molecule is Cc1cc(C(=O)N2CSCC2C(=O)NCC2CC2)on1. The number of hydrogen-bond donors (Lipinski definition) is 1. The molecule has 3 rings (SSSR count). The van der Waals surface area contributed by atoms with E-state index in [2.05, 4.69) is 10.5 Å². The van der Waals surface area contributed by atoms with Crippen molar-refractivity contribution in [3.05, 3.63) is 17.5 Å². The molecule has 1 aliphatic heterocycles. The highest BCUT2D eigenvalue weighted by molar-refractivity contribution is 7.99. The molecule has 1 aromatic heterocycles. The molecule has 2 amide bonds. The summed E-state index contributed by atoms with van der Waals surface area (Å²) >= 11 is 1.58. The lowest BCUT2D eigenvalue weighted by atomic mass is 10.2. The summed E-state index contributed by atoms with van der Waals surface area (Å²) in [5, 5.41) is 6.65. The number of thioether (sulfide) groups is 1. The van der Waals surface area contributed by atoms with Crippen molar-refractivity contribution in [2.24, 2.45) is 5.92 Å². The Bertz CT molecular complexity index is 527. The molecule has 1 saturated carbocycles. The van der Waals surface area contributed by atoms with Crippen molar-refractivity contribution in [3.8, 4) is 0 Å². The Balaban J connectivity index is 1.64. The molecule has 0 aromatic carbocycles. The van der Waals surface area contributed by atoms with E-state index in [-0.39, 0.29) is 17.6 Å². The molecule has 2 aliphatic rings. The van der Waals surface area contributed by atoms with Crippen LogP contribution in [-0.2, 0) is 4.79 Å². The van der Waals surface area contributed by atoms with Gasteiger partial charge in [0.2, 0.25) is 11.7 Å². The van der Waals surface area contributed by atoms with Gasteiger partial charge < -0.3 is 14.7 Å². The quantitative estimate of drug-likeness (QED) is 0.897. The van der Waals surface area contributed by atoms with Crippen molar-refractivity contribution in [1.82, 2.24) is 15.4 Å². The van der Waals surface area contributed by atoms with Crippen LogP contribution in [-0.4, -0.2) is 46.1 Å². The normalized spacial score (nSPS) is 22.1. The van der Waals surface area contributed by atoms with Gasteiger partial charge in [0.05, 0.1) is 11.6 Å². The van der Waals surface area contributed by atoms with Crippen LogP contribution in [0, 0.1) is 12.8 Å². The van der Waals surface area contributed by atoms with Crippen LogP contribution < -0.4 is 5.32 Å². The van der Waals surface area contributed by atoms with E-state index in [0.29, 0.717) is 23.2 Å². The topological polar surface area (TPSA) is 75.4 Å². The van der Waals surface area contributed by atoms with Crippen molar-refractivity contribution >= 4 is 23.6 Å². The standard InChI is InChI=1S/C13H17N3O3S/c1-8-4-11(19-15-8)13(18)16-7-20-6-10(16)12(17)14-5-9-2-3-9/h4,9-10H,2-3,5-7H2,1H3,(H,14,17). The van der Waals surface area contributed by atoms with Crippen molar-refractivity contribution in [3.63, 3.8) is 0 Å². The van der Waals surface area contributed by atoms with Crippen LogP contribution in [0.25, 0.3) is 0 Å². The first kappa shape index (κ1) is 13.5. The molecular weight excluding hydrogens is 278 g/mol. The van der Waals surface area contributed by atoms with Gasteiger partial charge in [-0.3, -0.25) is 9.59 Å². The van der Waals surface area contributed by atoms with Gasteiger partial charge in [0.1, 0.15) is 6.04 Å². The first-order valence-electron chi connectivity index (χ1n) is 6.75. The first-order valence-corrected chi connectivity index (χ1v) is 7.90. The maximum absolute atomic E-state index is 12.3. The second-order valence-electron chi connectivity index (χ2n) is 5.31. The van der Waals surface area contributed by atoms with Gasteiger partial charge in [0.25, 0.3) is 5.91 Å². The third kappa shape index (κ3) is 2.82. The fourth-order valence-corrected chi connectivity index (χ4v) is 3.30. The minimum Gasteiger partial charge on any atom is -0.354 e. The minimum absolute atomic E-state index is 0.0634. The lowest BCUT2D eigenvalue weighted by Crippen LogP contribution is -2.47. The van der Waals surface area contributed by atoms with Crippen LogP contribution in [0.5, 0.6) is 0 Å². The van der Waals surface area contributed by atoms with Crippen LogP contribution in [0.2, 0.25) is 0 Å². The predicted octanol–water partition coefficient (Wildman–Crippen LogP) is 1.02. The fourth-order valence-electron chi connectivity index (χ4n) is 2.15. The van der Waals surface area contributed by atoms with Gasteiger partial charge in [-0.25, -0.2) is 0 Å². The van der Waals surface area contributed by atoms with Crippen molar-refractivity contribution in [2.75, 3.05) is 18.2 Å². The van der Waals surface area contributed by atoms with E-state index in [9.17, 15) is 9.59 Å².